The van der Waals surface area contributed by atoms with E-state index in [0.717, 1.165) is 25.1 Å². The van der Waals surface area contributed by atoms with E-state index in [1.165, 1.54) is 0 Å². The van der Waals surface area contributed by atoms with Crippen molar-refractivity contribution < 1.29 is 9.47 Å². The van der Waals surface area contributed by atoms with Crippen LogP contribution in [-0.2, 0) is 0 Å². The SMILES string of the molecule is CCCNCC=Cc1ccc(OC)c(OC)c1Cl. The molecule has 0 unspecified atom stereocenters. The average molecular weight is 270 g/mol. The van der Waals surface area contributed by atoms with E-state index in [1.807, 2.05) is 24.3 Å². The Bertz CT molecular complexity index is 405. The molecule has 0 heterocycles. The summed E-state index contributed by atoms with van der Waals surface area (Å²) in [5.74, 6) is 1.21. The second-order valence-electron chi connectivity index (χ2n) is 3.81. The quantitative estimate of drug-likeness (QED) is 0.770. The smallest absolute Gasteiger partial charge is 0.179 e. The van der Waals surface area contributed by atoms with E-state index in [1.54, 1.807) is 14.2 Å². The molecule has 0 saturated carbocycles. The molecular formula is C14H20ClNO2. The van der Waals surface area contributed by atoms with Gasteiger partial charge in [-0.15, -0.1) is 0 Å². The zero-order valence-electron chi connectivity index (χ0n) is 11.1. The third-order valence-corrected chi connectivity index (χ3v) is 2.89. The molecule has 0 bridgehead atoms. The van der Waals surface area contributed by atoms with Crippen LogP contribution in [0.15, 0.2) is 18.2 Å². The fourth-order valence-electron chi connectivity index (χ4n) is 1.58. The first-order valence-corrected chi connectivity index (χ1v) is 6.40. The number of hydrogen-bond donors (Lipinski definition) is 1. The summed E-state index contributed by atoms with van der Waals surface area (Å²) in [6, 6.07) is 3.77. The molecule has 0 amide bonds. The molecular weight excluding hydrogens is 250 g/mol. The molecule has 100 valence electrons. The van der Waals surface area contributed by atoms with Gasteiger partial charge in [-0.3, -0.25) is 0 Å². The highest BCUT2D eigenvalue weighted by atomic mass is 35.5. The van der Waals surface area contributed by atoms with Crippen LogP contribution in [0, 0.1) is 0 Å². The Hall–Kier alpha value is -1.19. The maximum Gasteiger partial charge on any atom is 0.179 e. The Balaban J connectivity index is 2.78. The summed E-state index contributed by atoms with van der Waals surface area (Å²) < 4.78 is 10.4. The van der Waals surface area contributed by atoms with Crippen LogP contribution >= 0.6 is 11.6 Å². The third kappa shape index (κ3) is 3.93. The molecule has 3 nitrogen and oxygen atoms in total. The summed E-state index contributed by atoms with van der Waals surface area (Å²) in [5.41, 5.74) is 0.924. The Morgan fingerprint density at radius 3 is 2.67 bits per heavy atom. The van der Waals surface area contributed by atoms with Gasteiger partial charge in [0.25, 0.3) is 0 Å². The molecule has 0 atom stereocenters. The molecule has 18 heavy (non-hydrogen) atoms. The number of methoxy groups -OCH3 is 2. The van der Waals surface area contributed by atoms with Crippen LogP contribution in [0.2, 0.25) is 5.02 Å². The van der Waals surface area contributed by atoms with Crippen molar-refractivity contribution >= 4 is 17.7 Å². The first kappa shape index (κ1) is 14.9. The van der Waals surface area contributed by atoms with Gasteiger partial charge in [-0.05, 0) is 30.7 Å². The average Bonchev–Trinajstić information content (AvgIpc) is 2.39. The summed E-state index contributed by atoms with van der Waals surface area (Å²) >= 11 is 6.26. The molecule has 0 aromatic heterocycles. The van der Waals surface area contributed by atoms with E-state index in [9.17, 15) is 0 Å². The van der Waals surface area contributed by atoms with Gasteiger partial charge in [0.2, 0.25) is 0 Å². The van der Waals surface area contributed by atoms with Crippen LogP contribution in [0.25, 0.3) is 6.08 Å². The van der Waals surface area contributed by atoms with Crippen LogP contribution in [0.5, 0.6) is 11.5 Å². The molecule has 1 rings (SSSR count). The van der Waals surface area contributed by atoms with Gasteiger partial charge in [-0.2, -0.15) is 0 Å². The Labute approximate surface area is 114 Å². The topological polar surface area (TPSA) is 30.5 Å². The van der Waals surface area contributed by atoms with Gasteiger partial charge in [0.15, 0.2) is 11.5 Å². The molecule has 0 fully saturated rings. The molecule has 1 aromatic rings. The van der Waals surface area contributed by atoms with E-state index in [0.29, 0.717) is 16.5 Å². The van der Waals surface area contributed by atoms with Crippen molar-refractivity contribution in [1.82, 2.24) is 5.32 Å². The minimum absolute atomic E-state index is 0.572. The largest absolute Gasteiger partial charge is 0.493 e. The number of hydrogen-bond acceptors (Lipinski definition) is 3. The number of halogens is 1. The third-order valence-electron chi connectivity index (χ3n) is 2.50. The number of ether oxygens (including phenoxy) is 2. The maximum atomic E-state index is 6.26. The lowest BCUT2D eigenvalue weighted by atomic mass is 10.2. The predicted octanol–water partition coefficient (Wildman–Crippen LogP) is 3.37. The van der Waals surface area contributed by atoms with Crippen molar-refractivity contribution in [3.63, 3.8) is 0 Å². The first-order valence-electron chi connectivity index (χ1n) is 6.02. The van der Waals surface area contributed by atoms with Gasteiger partial charge >= 0.3 is 0 Å². The minimum atomic E-state index is 0.572. The van der Waals surface area contributed by atoms with Crippen LogP contribution < -0.4 is 14.8 Å². The van der Waals surface area contributed by atoms with Gasteiger partial charge in [-0.1, -0.05) is 30.7 Å². The van der Waals surface area contributed by atoms with E-state index >= 15 is 0 Å². The van der Waals surface area contributed by atoms with Crippen LogP contribution in [-0.4, -0.2) is 27.3 Å². The zero-order valence-corrected chi connectivity index (χ0v) is 11.9. The summed E-state index contributed by atoms with van der Waals surface area (Å²) in [7, 11) is 3.18. The minimum Gasteiger partial charge on any atom is -0.493 e. The summed E-state index contributed by atoms with van der Waals surface area (Å²) in [4.78, 5) is 0. The van der Waals surface area contributed by atoms with E-state index in [-0.39, 0.29) is 0 Å². The van der Waals surface area contributed by atoms with E-state index < -0.39 is 0 Å². The number of nitrogens with one attached hydrogen (secondary N) is 1. The molecule has 0 aliphatic heterocycles. The van der Waals surface area contributed by atoms with Crippen molar-refractivity contribution in [3.05, 3.63) is 28.8 Å². The Morgan fingerprint density at radius 2 is 2.06 bits per heavy atom. The highest BCUT2D eigenvalue weighted by Gasteiger charge is 2.10. The summed E-state index contributed by atoms with van der Waals surface area (Å²) in [5, 5.41) is 3.86. The monoisotopic (exact) mass is 269 g/mol. The molecule has 0 saturated heterocycles. The van der Waals surface area contributed by atoms with Crippen molar-refractivity contribution in [2.24, 2.45) is 0 Å². The predicted molar refractivity (Wildman–Crippen MR) is 76.8 cm³/mol. The second-order valence-corrected chi connectivity index (χ2v) is 4.19. The van der Waals surface area contributed by atoms with Gasteiger partial charge in [0, 0.05) is 6.54 Å². The van der Waals surface area contributed by atoms with Crippen molar-refractivity contribution in [1.29, 1.82) is 0 Å². The fraction of sp³-hybridized carbons (Fsp3) is 0.429. The van der Waals surface area contributed by atoms with Crippen LogP contribution in [0.4, 0.5) is 0 Å². The van der Waals surface area contributed by atoms with Crippen molar-refractivity contribution in [2.45, 2.75) is 13.3 Å². The van der Waals surface area contributed by atoms with E-state index in [2.05, 4.69) is 12.2 Å². The summed E-state index contributed by atoms with van der Waals surface area (Å²) in [6.45, 7) is 3.99. The summed E-state index contributed by atoms with van der Waals surface area (Å²) in [6.07, 6.45) is 5.15. The maximum absolute atomic E-state index is 6.26. The Kier molecular flexibility index (Phi) is 6.61. The molecule has 0 aliphatic rings. The number of benzene rings is 1. The van der Waals surface area contributed by atoms with Gasteiger partial charge in [0.1, 0.15) is 0 Å². The lowest BCUT2D eigenvalue weighted by Gasteiger charge is -2.10. The van der Waals surface area contributed by atoms with Crippen LogP contribution in [0.3, 0.4) is 0 Å². The molecule has 1 aromatic carbocycles. The molecule has 4 heteroatoms. The normalized spacial score (nSPS) is 10.9. The van der Waals surface area contributed by atoms with Crippen molar-refractivity contribution in [2.75, 3.05) is 27.3 Å². The molecule has 0 radical (unpaired) electrons. The first-order chi connectivity index (χ1) is 8.74. The van der Waals surface area contributed by atoms with E-state index in [4.69, 9.17) is 21.1 Å². The second kappa shape index (κ2) is 8.01. The van der Waals surface area contributed by atoms with Crippen LogP contribution in [0.1, 0.15) is 18.9 Å². The highest BCUT2D eigenvalue weighted by Crippen LogP contribution is 2.37. The molecule has 0 aliphatic carbocycles. The zero-order chi connectivity index (χ0) is 13.4. The Morgan fingerprint density at radius 1 is 1.28 bits per heavy atom. The van der Waals surface area contributed by atoms with Gasteiger partial charge < -0.3 is 14.8 Å². The van der Waals surface area contributed by atoms with Gasteiger partial charge in [-0.25, -0.2) is 0 Å². The highest BCUT2D eigenvalue weighted by molar-refractivity contribution is 6.33. The lowest BCUT2D eigenvalue weighted by Crippen LogP contribution is -2.13. The molecule has 0 spiro atoms. The number of rotatable bonds is 7. The van der Waals surface area contributed by atoms with Crippen molar-refractivity contribution in [3.8, 4) is 11.5 Å². The molecule has 1 N–H and O–H groups in total. The van der Waals surface area contributed by atoms with Gasteiger partial charge in [0.05, 0.1) is 19.2 Å². The standard InChI is InChI=1S/C14H20ClNO2/c1-4-9-16-10-5-6-11-7-8-12(17-2)14(18-3)13(11)15/h5-8,16H,4,9-10H2,1-3H3. The fourth-order valence-corrected chi connectivity index (χ4v) is 1.88. The lowest BCUT2D eigenvalue weighted by molar-refractivity contribution is 0.355.